The van der Waals surface area contributed by atoms with Crippen molar-refractivity contribution >= 4 is 23.3 Å². The fraction of sp³-hybridized carbons (Fsp3) is 0.118. The Balaban J connectivity index is 2.25. The summed E-state index contributed by atoms with van der Waals surface area (Å²) < 4.78 is 14.3. The number of nitrogens with zero attached hydrogens (tertiary/aromatic N) is 2. The molecule has 0 saturated carbocycles. The second-order valence-corrected chi connectivity index (χ2v) is 5.28. The predicted molar refractivity (Wildman–Crippen MR) is 88.4 cm³/mol. The van der Waals surface area contributed by atoms with E-state index in [0.29, 0.717) is 11.3 Å². The number of urea groups is 1. The Labute approximate surface area is 137 Å². The van der Waals surface area contributed by atoms with Gasteiger partial charge in [0.25, 0.3) is 5.91 Å². The Bertz CT molecular complexity index is 850. The lowest BCUT2D eigenvalue weighted by Gasteiger charge is -2.20. The van der Waals surface area contributed by atoms with E-state index in [2.05, 4.69) is 10.3 Å². The summed E-state index contributed by atoms with van der Waals surface area (Å²) in [4.78, 5) is 29.4. The lowest BCUT2D eigenvalue weighted by molar-refractivity contribution is -0.119. The van der Waals surface area contributed by atoms with Crippen molar-refractivity contribution in [2.24, 2.45) is 10.7 Å². The van der Waals surface area contributed by atoms with E-state index in [-0.39, 0.29) is 11.3 Å². The first-order valence-electron chi connectivity index (χ1n) is 7.24. The van der Waals surface area contributed by atoms with Gasteiger partial charge in [-0.3, -0.25) is 4.79 Å². The first kappa shape index (κ1) is 15.7. The molecule has 0 spiro atoms. The molecule has 3 amide bonds. The number of carbonyl (C=O) groups is 2. The third-order valence-corrected chi connectivity index (χ3v) is 3.75. The number of halogens is 1. The fourth-order valence-electron chi connectivity index (χ4n) is 2.62. The molecule has 1 aliphatic heterocycles. The van der Waals surface area contributed by atoms with Gasteiger partial charge in [0.15, 0.2) is 0 Å². The molecule has 122 valence electrons. The van der Waals surface area contributed by atoms with Crippen molar-refractivity contribution in [3.8, 4) is 0 Å². The predicted octanol–water partition coefficient (Wildman–Crippen LogP) is 1.63. The molecule has 1 heterocycles. The summed E-state index contributed by atoms with van der Waals surface area (Å²) in [5, 5.41) is 2.29. The summed E-state index contributed by atoms with van der Waals surface area (Å²) in [7, 11) is 1.57. The van der Waals surface area contributed by atoms with Crippen LogP contribution in [0.4, 0.5) is 14.9 Å². The van der Waals surface area contributed by atoms with Crippen LogP contribution in [0.2, 0.25) is 0 Å². The SMILES string of the molecule is CN1C(=O)[C@@H](NC(N)=O)N=C(c2ccccc2F)c2ccccc21. The topological polar surface area (TPSA) is 87.8 Å². The van der Waals surface area contributed by atoms with Crippen molar-refractivity contribution in [2.75, 3.05) is 11.9 Å². The molecule has 0 fully saturated rings. The van der Waals surface area contributed by atoms with Crippen molar-refractivity contribution in [3.05, 3.63) is 65.5 Å². The number of hydrogen-bond donors (Lipinski definition) is 2. The van der Waals surface area contributed by atoms with E-state index in [1.54, 1.807) is 49.5 Å². The molecule has 3 rings (SSSR count). The van der Waals surface area contributed by atoms with E-state index in [1.165, 1.54) is 11.0 Å². The quantitative estimate of drug-likeness (QED) is 0.878. The second kappa shape index (κ2) is 6.11. The molecule has 3 N–H and O–H groups in total. The van der Waals surface area contributed by atoms with Gasteiger partial charge in [-0.1, -0.05) is 30.3 Å². The van der Waals surface area contributed by atoms with Crippen LogP contribution in [0, 0.1) is 5.82 Å². The Morgan fingerprint density at radius 3 is 2.46 bits per heavy atom. The van der Waals surface area contributed by atoms with Crippen LogP contribution in [-0.4, -0.2) is 30.9 Å². The lowest BCUT2D eigenvalue weighted by atomic mass is 10.00. The molecule has 2 aromatic rings. The van der Waals surface area contributed by atoms with Crippen LogP contribution < -0.4 is 16.0 Å². The summed E-state index contributed by atoms with van der Waals surface area (Å²) in [6.45, 7) is 0. The number of carbonyl (C=O) groups excluding carboxylic acids is 2. The minimum Gasteiger partial charge on any atom is -0.352 e. The molecular weight excluding hydrogens is 311 g/mol. The maximum atomic E-state index is 14.3. The van der Waals surface area contributed by atoms with E-state index < -0.39 is 23.9 Å². The van der Waals surface area contributed by atoms with Crippen LogP contribution in [0.15, 0.2) is 53.5 Å². The minimum atomic E-state index is -1.23. The third kappa shape index (κ3) is 2.71. The van der Waals surface area contributed by atoms with Gasteiger partial charge < -0.3 is 16.0 Å². The highest BCUT2D eigenvalue weighted by Gasteiger charge is 2.31. The van der Waals surface area contributed by atoms with E-state index in [1.807, 2.05) is 0 Å². The van der Waals surface area contributed by atoms with Crippen LogP contribution in [0.5, 0.6) is 0 Å². The zero-order chi connectivity index (χ0) is 17.3. The Morgan fingerprint density at radius 2 is 1.79 bits per heavy atom. The zero-order valence-corrected chi connectivity index (χ0v) is 12.9. The average Bonchev–Trinajstić information content (AvgIpc) is 2.66. The van der Waals surface area contributed by atoms with Crippen LogP contribution in [0.3, 0.4) is 0 Å². The van der Waals surface area contributed by atoms with Crippen molar-refractivity contribution < 1.29 is 14.0 Å². The number of hydrogen-bond acceptors (Lipinski definition) is 3. The van der Waals surface area contributed by atoms with Crippen molar-refractivity contribution in [2.45, 2.75) is 6.17 Å². The van der Waals surface area contributed by atoms with Gasteiger partial charge >= 0.3 is 6.03 Å². The summed E-state index contributed by atoms with van der Waals surface area (Å²) in [6, 6.07) is 12.3. The minimum absolute atomic E-state index is 0.240. The largest absolute Gasteiger partial charge is 0.352 e. The number of anilines is 1. The van der Waals surface area contributed by atoms with Gasteiger partial charge in [-0.15, -0.1) is 0 Å². The zero-order valence-electron chi connectivity index (χ0n) is 12.9. The number of rotatable bonds is 2. The van der Waals surface area contributed by atoms with Gasteiger partial charge in [0.05, 0.1) is 11.4 Å². The first-order chi connectivity index (χ1) is 11.5. The molecule has 0 bridgehead atoms. The van der Waals surface area contributed by atoms with Crippen LogP contribution in [0.1, 0.15) is 11.1 Å². The maximum Gasteiger partial charge on any atom is 0.314 e. The molecule has 0 aliphatic carbocycles. The standard InChI is InChI=1S/C17H15FN4O2/c1-22-13-9-5-3-7-11(13)14(10-6-2-4-8-12(10)18)20-15(16(22)23)21-17(19)24/h2-9,15H,1H3,(H3,19,21,24)/t15-/m1/s1. The number of para-hydroxylation sites is 1. The van der Waals surface area contributed by atoms with Gasteiger partial charge in [0.2, 0.25) is 6.17 Å². The Hall–Kier alpha value is -3.22. The highest BCUT2D eigenvalue weighted by molar-refractivity contribution is 6.20. The highest BCUT2D eigenvalue weighted by atomic mass is 19.1. The fourth-order valence-corrected chi connectivity index (χ4v) is 2.62. The molecule has 6 nitrogen and oxygen atoms in total. The van der Waals surface area contributed by atoms with E-state index in [0.717, 1.165) is 0 Å². The monoisotopic (exact) mass is 326 g/mol. The number of benzene rings is 2. The molecule has 0 radical (unpaired) electrons. The molecule has 1 aliphatic rings. The van der Waals surface area contributed by atoms with Gasteiger partial charge in [-0.2, -0.15) is 0 Å². The second-order valence-electron chi connectivity index (χ2n) is 5.28. The van der Waals surface area contributed by atoms with Crippen molar-refractivity contribution in [3.63, 3.8) is 0 Å². The molecular formula is C17H15FN4O2. The van der Waals surface area contributed by atoms with E-state index in [9.17, 15) is 14.0 Å². The number of amides is 3. The highest BCUT2D eigenvalue weighted by Crippen LogP contribution is 2.27. The number of primary amides is 1. The third-order valence-electron chi connectivity index (χ3n) is 3.75. The van der Waals surface area contributed by atoms with Gasteiger partial charge in [-0.25, -0.2) is 14.2 Å². The van der Waals surface area contributed by atoms with Gasteiger partial charge in [0.1, 0.15) is 5.82 Å². The van der Waals surface area contributed by atoms with Gasteiger partial charge in [-0.05, 0) is 18.2 Å². The molecule has 0 unspecified atom stereocenters. The number of nitrogens with one attached hydrogen (secondary N) is 1. The number of nitrogens with two attached hydrogens (primary N) is 1. The molecule has 0 aromatic heterocycles. The summed E-state index contributed by atoms with van der Waals surface area (Å²) in [5.74, 6) is -0.937. The van der Waals surface area contributed by atoms with E-state index in [4.69, 9.17) is 5.73 Å². The molecule has 24 heavy (non-hydrogen) atoms. The first-order valence-corrected chi connectivity index (χ1v) is 7.24. The summed E-state index contributed by atoms with van der Waals surface area (Å²) in [6.07, 6.45) is -1.23. The smallest absolute Gasteiger partial charge is 0.314 e. The lowest BCUT2D eigenvalue weighted by Crippen LogP contribution is -2.47. The normalized spacial score (nSPS) is 16.9. The summed E-state index contributed by atoms with van der Waals surface area (Å²) >= 11 is 0. The molecule has 7 heteroatoms. The molecule has 0 saturated heterocycles. The van der Waals surface area contributed by atoms with E-state index >= 15 is 0 Å². The number of benzodiazepines with no additional fused rings is 1. The maximum absolute atomic E-state index is 14.3. The Morgan fingerprint density at radius 1 is 1.17 bits per heavy atom. The van der Waals surface area contributed by atoms with Crippen LogP contribution in [-0.2, 0) is 4.79 Å². The van der Waals surface area contributed by atoms with Crippen LogP contribution in [0.25, 0.3) is 0 Å². The number of likely N-dealkylation sites (N-methyl/N-ethyl adjacent to an activating group) is 1. The number of fused-ring (bicyclic) bond motifs is 1. The van der Waals surface area contributed by atoms with Gasteiger partial charge in [0, 0.05) is 18.2 Å². The van der Waals surface area contributed by atoms with Crippen LogP contribution >= 0.6 is 0 Å². The summed E-state index contributed by atoms with van der Waals surface area (Å²) in [5.41, 5.74) is 6.81. The molecule has 2 aromatic carbocycles. The molecule has 1 atom stereocenters. The average molecular weight is 326 g/mol. The van der Waals surface area contributed by atoms with Crippen molar-refractivity contribution in [1.29, 1.82) is 0 Å². The number of aliphatic imine (C=N–C) groups is 1. The Kier molecular flexibility index (Phi) is 3.99. The van der Waals surface area contributed by atoms with Crippen molar-refractivity contribution in [1.82, 2.24) is 5.32 Å².